The highest BCUT2D eigenvalue weighted by Gasteiger charge is 2.30. The molecule has 2 aliphatic heterocycles. The van der Waals surface area contributed by atoms with Crippen molar-refractivity contribution in [3.63, 3.8) is 0 Å². The lowest BCUT2D eigenvalue weighted by atomic mass is 10.1. The van der Waals surface area contributed by atoms with E-state index < -0.39 is 0 Å². The van der Waals surface area contributed by atoms with E-state index in [0.29, 0.717) is 12.2 Å². The van der Waals surface area contributed by atoms with Gasteiger partial charge in [0.2, 0.25) is 0 Å². The molecule has 29 heavy (non-hydrogen) atoms. The number of aryl methyl sites for hydroxylation is 1. The number of carbonyl (C=O) groups excluding carboxylic acids is 2. The zero-order valence-corrected chi connectivity index (χ0v) is 17.0. The number of rotatable bonds is 5. The average molecular weight is 392 g/mol. The summed E-state index contributed by atoms with van der Waals surface area (Å²) in [6.45, 7) is 4.91. The molecule has 0 spiro atoms. The minimum Gasteiger partial charge on any atom is -0.491 e. The molecular weight excluding hydrogens is 364 g/mol. The summed E-state index contributed by atoms with van der Waals surface area (Å²) in [5.41, 5.74) is 2.47. The van der Waals surface area contributed by atoms with Gasteiger partial charge < -0.3 is 14.5 Å². The average Bonchev–Trinajstić information content (AvgIpc) is 3.44. The molecule has 2 aromatic rings. The predicted molar refractivity (Wildman–Crippen MR) is 112 cm³/mol. The Kier molecular flexibility index (Phi) is 5.84. The van der Waals surface area contributed by atoms with Crippen LogP contribution < -0.4 is 4.74 Å². The van der Waals surface area contributed by atoms with Crippen LogP contribution in [0.3, 0.4) is 0 Å². The molecule has 1 atom stereocenters. The van der Waals surface area contributed by atoms with Gasteiger partial charge >= 0.3 is 0 Å². The fourth-order valence-corrected chi connectivity index (χ4v) is 4.23. The molecule has 0 radical (unpaired) electrons. The quantitative estimate of drug-likeness (QED) is 0.775. The lowest BCUT2D eigenvalue weighted by Gasteiger charge is -2.25. The summed E-state index contributed by atoms with van der Waals surface area (Å²) in [4.78, 5) is 29.3. The van der Waals surface area contributed by atoms with Gasteiger partial charge in [0.25, 0.3) is 11.8 Å². The van der Waals surface area contributed by atoms with Crippen molar-refractivity contribution in [3.8, 4) is 5.75 Å². The van der Waals surface area contributed by atoms with E-state index in [0.717, 1.165) is 62.2 Å². The van der Waals surface area contributed by atoms with Crippen molar-refractivity contribution in [1.82, 2.24) is 9.80 Å². The van der Waals surface area contributed by atoms with Gasteiger partial charge in [0, 0.05) is 30.8 Å². The number of amides is 2. The van der Waals surface area contributed by atoms with E-state index in [2.05, 4.69) is 0 Å². The molecule has 0 bridgehead atoms. The first-order valence-electron chi connectivity index (χ1n) is 10.5. The Balaban J connectivity index is 1.36. The second-order valence-corrected chi connectivity index (χ2v) is 7.94. The second kappa shape index (κ2) is 8.68. The molecule has 0 aromatic heterocycles. The molecule has 5 heteroatoms. The Labute approximate surface area is 172 Å². The summed E-state index contributed by atoms with van der Waals surface area (Å²) >= 11 is 0. The molecule has 0 saturated carbocycles. The summed E-state index contributed by atoms with van der Waals surface area (Å²) in [5.74, 6) is 0.916. The summed E-state index contributed by atoms with van der Waals surface area (Å²) < 4.78 is 5.98. The maximum Gasteiger partial charge on any atom is 0.254 e. The number of carbonyl (C=O) groups is 2. The maximum atomic E-state index is 13.0. The topological polar surface area (TPSA) is 49.9 Å². The molecule has 0 aliphatic carbocycles. The Bertz CT molecular complexity index is 872. The van der Waals surface area contributed by atoms with Crippen LogP contribution in [0.5, 0.6) is 5.75 Å². The van der Waals surface area contributed by atoms with Crippen LogP contribution in [-0.4, -0.2) is 53.9 Å². The predicted octanol–water partition coefficient (Wildman–Crippen LogP) is 3.91. The molecule has 2 amide bonds. The molecule has 2 aromatic carbocycles. The number of hydrogen-bond acceptors (Lipinski definition) is 3. The van der Waals surface area contributed by atoms with E-state index in [9.17, 15) is 9.59 Å². The zero-order chi connectivity index (χ0) is 20.2. The Hall–Kier alpha value is -2.82. The van der Waals surface area contributed by atoms with Gasteiger partial charge in [-0.3, -0.25) is 9.59 Å². The van der Waals surface area contributed by atoms with Crippen molar-refractivity contribution in [2.24, 2.45) is 0 Å². The molecule has 2 heterocycles. The van der Waals surface area contributed by atoms with Crippen molar-refractivity contribution in [1.29, 1.82) is 0 Å². The van der Waals surface area contributed by atoms with Crippen LogP contribution in [-0.2, 0) is 0 Å². The van der Waals surface area contributed by atoms with Crippen molar-refractivity contribution in [3.05, 3.63) is 65.2 Å². The van der Waals surface area contributed by atoms with Crippen molar-refractivity contribution < 1.29 is 14.3 Å². The summed E-state index contributed by atoms with van der Waals surface area (Å²) in [6, 6.07) is 15.2. The first kappa shape index (κ1) is 19.5. The van der Waals surface area contributed by atoms with Crippen LogP contribution in [0.1, 0.15) is 52.0 Å². The Morgan fingerprint density at radius 3 is 2.38 bits per heavy atom. The number of benzene rings is 2. The molecule has 4 rings (SSSR count). The van der Waals surface area contributed by atoms with Gasteiger partial charge in [-0.05, 0) is 68.5 Å². The van der Waals surface area contributed by atoms with Gasteiger partial charge in [0.15, 0.2) is 0 Å². The lowest BCUT2D eigenvalue weighted by Crippen LogP contribution is -2.39. The SMILES string of the molecule is Cc1ccccc1C(=O)N1CCC[C@H]1COc1ccc(C(=O)N2CCCC2)cc1. The lowest BCUT2D eigenvalue weighted by molar-refractivity contribution is 0.0690. The van der Waals surface area contributed by atoms with Crippen molar-refractivity contribution in [2.75, 3.05) is 26.2 Å². The molecule has 0 N–H and O–H groups in total. The molecular formula is C24H28N2O3. The van der Waals surface area contributed by atoms with E-state index in [-0.39, 0.29) is 17.9 Å². The zero-order valence-electron chi connectivity index (χ0n) is 17.0. The number of hydrogen-bond donors (Lipinski definition) is 0. The van der Waals surface area contributed by atoms with Gasteiger partial charge in [0.1, 0.15) is 12.4 Å². The van der Waals surface area contributed by atoms with E-state index >= 15 is 0 Å². The Morgan fingerprint density at radius 1 is 0.931 bits per heavy atom. The van der Waals surface area contributed by atoms with Gasteiger partial charge in [0.05, 0.1) is 6.04 Å². The number of likely N-dealkylation sites (tertiary alicyclic amines) is 2. The number of nitrogens with zero attached hydrogens (tertiary/aromatic N) is 2. The minimum absolute atomic E-state index is 0.0769. The van der Waals surface area contributed by atoms with Crippen molar-refractivity contribution >= 4 is 11.8 Å². The van der Waals surface area contributed by atoms with Crippen LogP contribution >= 0.6 is 0 Å². The van der Waals surface area contributed by atoms with E-state index in [1.165, 1.54) is 0 Å². The van der Waals surface area contributed by atoms with Crippen LogP contribution in [0.15, 0.2) is 48.5 Å². The normalized spacial score (nSPS) is 18.9. The third-order valence-corrected chi connectivity index (χ3v) is 5.95. The van der Waals surface area contributed by atoms with Gasteiger partial charge in [-0.1, -0.05) is 18.2 Å². The van der Waals surface area contributed by atoms with Crippen molar-refractivity contribution in [2.45, 2.75) is 38.6 Å². The van der Waals surface area contributed by atoms with E-state index in [4.69, 9.17) is 4.74 Å². The molecule has 2 aliphatic rings. The highest BCUT2D eigenvalue weighted by atomic mass is 16.5. The van der Waals surface area contributed by atoms with Gasteiger partial charge in [-0.15, -0.1) is 0 Å². The van der Waals surface area contributed by atoms with Crippen LogP contribution in [0.25, 0.3) is 0 Å². The standard InChI is InChI=1S/C24H28N2O3/c1-18-7-2-3-9-22(18)24(28)26-16-6-8-20(26)17-29-21-12-10-19(11-13-21)23(27)25-14-4-5-15-25/h2-3,7,9-13,20H,4-6,8,14-17H2,1H3/t20-/m0/s1. The molecule has 0 unspecified atom stereocenters. The molecule has 5 nitrogen and oxygen atoms in total. The Morgan fingerprint density at radius 2 is 1.66 bits per heavy atom. The smallest absolute Gasteiger partial charge is 0.254 e. The first-order valence-corrected chi connectivity index (χ1v) is 10.5. The monoisotopic (exact) mass is 392 g/mol. The fourth-order valence-electron chi connectivity index (χ4n) is 4.23. The van der Waals surface area contributed by atoms with Gasteiger partial charge in [-0.2, -0.15) is 0 Å². The molecule has 2 saturated heterocycles. The fraction of sp³-hybridized carbons (Fsp3) is 0.417. The minimum atomic E-state index is 0.0769. The molecule has 152 valence electrons. The summed E-state index contributed by atoms with van der Waals surface area (Å²) in [7, 11) is 0. The van der Waals surface area contributed by atoms with Crippen LogP contribution in [0.2, 0.25) is 0 Å². The first-order chi connectivity index (χ1) is 14.1. The molecule has 2 fully saturated rings. The third kappa shape index (κ3) is 4.29. The largest absolute Gasteiger partial charge is 0.491 e. The third-order valence-electron chi connectivity index (χ3n) is 5.95. The summed E-state index contributed by atoms with van der Waals surface area (Å²) in [6.07, 6.45) is 4.12. The second-order valence-electron chi connectivity index (χ2n) is 7.94. The van der Waals surface area contributed by atoms with Crippen LogP contribution in [0.4, 0.5) is 0 Å². The van der Waals surface area contributed by atoms with Crippen LogP contribution in [0, 0.1) is 6.92 Å². The van der Waals surface area contributed by atoms with E-state index in [1.807, 2.05) is 65.3 Å². The van der Waals surface area contributed by atoms with E-state index in [1.54, 1.807) is 0 Å². The highest BCUT2D eigenvalue weighted by molar-refractivity contribution is 5.96. The summed E-state index contributed by atoms with van der Waals surface area (Å²) in [5, 5.41) is 0. The maximum absolute atomic E-state index is 13.0. The van der Waals surface area contributed by atoms with Gasteiger partial charge in [-0.25, -0.2) is 0 Å². The number of ether oxygens (including phenoxy) is 1. The highest BCUT2D eigenvalue weighted by Crippen LogP contribution is 2.23.